The summed E-state index contributed by atoms with van der Waals surface area (Å²) in [6, 6.07) is -1.66. The first-order valence-corrected chi connectivity index (χ1v) is 5.91. The summed E-state index contributed by atoms with van der Waals surface area (Å²) in [6.07, 6.45) is 0. The van der Waals surface area contributed by atoms with E-state index in [0.717, 1.165) is 4.90 Å². The number of carbonyl (C=O) groups is 3. The lowest BCUT2D eigenvalue weighted by atomic mass is 10.2. The summed E-state index contributed by atoms with van der Waals surface area (Å²) in [5, 5.41) is 0.283. The molecular weight excluding hydrogens is 310 g/mol. The van der Waals surface area contributed by atoms with Gasteiger partial charge in [0, 0.05) is 7.05 Å². The number of nitrogens with zero attached hydrogens (tertiary/aromatic N) is 2. The predicted molar refractivity (Wildman–Crippen MR) is 63.2 cm³/mol. The van der Waals surface area contributed by atoms with Gasteiger partial charge in [-0.2, -0.15) is 5.01 Å². The van der Waals surface area contributed by atoms with Crippen molar-refractivity contribution < 1.29 is 31.9 Å². The van der Waals surface area contributed by atoms with E-state index in [1.165, 1.54) is 14.0 Å². The maximum absolute atomic E-state index is 13.5. The molecule has 10 heteroatoms. The summed E-state index contributed by atoms with van der Waals surface area (Å²) in [7, 11) is 1.29. The zero-order valence-electron chi connectivity index (χ0n) is 11.3. The molecule has 1 atom stereocenters. The number of imide groups is 1. The molecule has 1 aromatic carbocycles. The molecule has 0 saturated carbocycles. The Labute approximate surface area is 121 Å². The highest BCUT2D eigenvalue weighted by Gasteiger charge is 2.42. The first-order valence-electron chi connectivity index (χ1n) is 5.91. The molecule has 1 saturated heterocycles. The summed E-state index contributed by atoms with van der Waals surface area (Å²) in [6.45, 7) is 1.38. The third kappa shape index (κ3) is 2.26. The first-order chi connectivity index (χ1) is 10.2. The highest BCUT2D eigenvalue weighted by atomic mass is 19.2. The second-order valence-electron chi connectivity index (χ2n) is 4.53. The van der Waals surface area contributed by atoms with Gasteiger partial charge in [-0.3, -0.25) is 15.0 Å². The lowest BCUT2D eigenvalue weighted by Gasteiger charge is -2.15. The maximum atomic E-state index is 13.5. The van der Waals surface area contributed by atoms with E-state index in [1.54, 1.807) is 5.43 Å². The van der Waals surface area contributed by atoms with Gasteiger partial charge < -0.3 is 4.90 Å². The van der Waals surface area contributed by atoms with Gasteiger partial charge in [0.05, 0.1) is 5.56 Å². The molecular formula is C12H9F4N3O3. The van der Waals surface area contributed by atoms with Crippen LogP contribution in [0.4, 0.5) is 22.4 Å². The van der Waals surface area contributed by atoms with E-state index >= 15 is 0 Å². The van der Waals surface area contributed by atoms with Gasteiger partial charge >= 0.3 is 6.03 Å². The second kappa shape index (κ2) is 5.28. The standard InChI is InChI=1S/C12H9F4N3O3/c1-4-11(21)19(12(22)18(4)2)17-10(20)5-3-6(13)8(15)9(16)7(5)14/h3-4H,1-2H3,(H,17,20). The van der Waals surface area contributed by atoms with Gasteiger partial charge in [0.15, 0.2) is 23.3 Å². The van der Waals surface area contributed by atoms with Gasteiger partial charge in [-0.25, -0.2) is 22.4 Å². The Kier molecular flexibility index (Phi) is 3.77. The second-order valence-corrected chi connectivity index (χ2v) is 4.53. The van der Waals surface area contributed by atoms with Crippen molar-refractivity contribution in [2.24, 2.45) is 0 Å². The molecule has 0 aromatic heterocycles. The summed E-state index contributed by atoms with van der Waals surface area (Å²) in [4.78, 5) is 36.2. The minimum absolute atomic E-state index is 0.126. The lowest BCUT2D eigenvalue weighted by Crippen LogP contribution is -2.47. The van der Waals surface area contributed by atoms with Gasteiger partial charge in [-0.05, 0) is 13.0 Å². The van der Waals surface area contributed by atoms with Gasteiger partial charge in [-0.15, -0.1) is 0 Å². The van der Waals surface area contributed by atoms with Crippen LogP contribution >= 0.6 is 0 Å². The number of likely N-dealkylation sites (N-methyl/N-ethyl adjacent to an activating group) is 1. The Hall–Kier alpha value is -2.65. The fourth-order valence-corrected chi connectivity index (χ4v) is 1.77. The minimum Gasteiger partial charge on any atom is -0.314 e. The Morgan fingerprint density at radius 1 is 1.14 bits per heavy atom. The number of hydrogen-bond acceptors (Lipinski definition) is 3. The Morgan fingerprint density at radius 2 is 1.73 bits per heavy atom. The normalized spacial score (nSPS) is 18.2. The fraction of sp³-hybridized carbons (Fsp3) is 0.250. The molecule has 1 unspecified atom stereocenters. The van der Waals surface area contributed by atoms with E-state index in [-0.39, 0.29) is 11.1 Å². The first kappa shape index (κ1) is 15.7. The van der Waals surface area contributed by atoms with E-state index in [4.69, 9.17) is 0 Å². The molecule has 0 radical (unpaired) electrons. The summed E-state index contributed by atoms with van der Waals surface area (Å²) >= 11 is 0. The average molecular weight is 319 g/mol. The van der Waals surface area contributed by atoms with Crippen LogP contribution in [0.15, 0.2) is 6.07 Å². The van der Waals surface area contributed by atoms with Crippen LogP contribution in [0.25, 0.3) is 0 Å². The Morgan fingerprint density at radius 3 is 2.23 bits per heavy atom. The molecule has 2 rings (SSSR count). The van der Waals surface area contributed by atoms with E-state index in [9.17, 15) is 31.9 Å². The average Bonchev–Trinajstić information content (AvgIpc) is 2.66. The van der Waals surface area contributed by atoms with E-state index in [2.05, 4.69) is 0 Å². The zero-order valence-corrected chi connectivity index (χ0v) is 11.3. The fourth-order valence-electron chi connectivity index (χ4n) is 1.77. The van der Waals surface area contributed by atoms with Crippen molar-refractivity contribution in [1.82, 2.24) is 15.3 Å². The van der Waals surface area contributed by atoms with Crippen LogP contribution in [0.2, 0.25) is 0 Å². The molecule has 22 heavy (non-hydrogen) atoms. The van der Waals surface area contributed by atoms with Gasteiger partial charge in [0.2, 0.25) is 0 Å². The van der Waals surface area contributed by atoms with E-state index in [0.29, 0.717) is 0 Å². The summed E-state index contributed by atoms with van der Waals surface area (Å²) in [5.41, 5.74) is 0.547. The number of urea groups is 1. The molecule has 1 aliphatic rings. The van der Waals surface area contributed by atoms with Crippen LogP contribution in [0, 0.1) is 23.3 Å². The highest BCUT2D eigenvalue weighted by molar-refractivity contribution is 6.06. The van der Waals surface area contributed by atoms with E-state index < -0.39 is 52.7 Å². The SMILES string of the molecule is CC1C(=O)N(NC(=O)c2cc(F)c(F)c(F)c2F)C(=O)N1C. The van der Waals surface area contributed by atoms with Gasteiger partial charge in [-0.1, -0.05) is 0 Å². The smallest absolute Gasteiger partial charge is 0.314 e. The quantitative estimate of drug-likeness (QED) is 0.385. The molecule has 0 aliphatic carbocycles. The monoisotopic (exact) mass is 319 g/mol. The van der Waals surface area contributed by atoms with Crippen molar-refractivity contribution in [2.45, 2.75) is 13.0 Å². The van der Waals surface area contributed by atoms with Crippen LogP contribution in [0.5, 0.6) is 0 Å². The van der Waals surface area contributed by atoms with Crippen molar-refractivity contribution >= 4 is 17.8 Å². The molecule has 6 nitrogen and oxygen atoms in total. The molecule has 1 heterocycles. The molecule has 1 N–H and O–H groups in total. The van der Waals surface area contributed by atoms with Crippen LogP contribution < -0.4 is 5.43 Å². The van der Waals surface area contributed by atoms with Gasteiger partial charge in [0.25, 0.3) is 11.8 Å². The predicted octanol–water partition coefficient (Wildman–Crippen LogP) is 1.17. The van der Waals surface area contributed by atoms with Crippen LogP contribution in [0.3, 0.4) is 0 Å². The number of nitrogens with one attached hydrogen (secondary N) is 1. The molecule has 1 aromatic rings. The molecule has 4 amide bonds. The van der Waals surface area contributed by atoms with Crippen molar-refractivity contribution in [3.63, 3.8) is 0 Å². The van der Waals surface area contributed by atoms with E-state index in [1.807, 2.05) is 0 Å². The molecule has 0 bridgehead atoms. The van der Waals surface area contributed by atoms with Crippen LogP contribution in [-0.4, -0.2) is 40.8 Å². The molecule has 1 aliphatic heterocycles. The number of rotatable bonds is 2. The highest BCUT2D eigenvalue weighted by Crippen LogP contribution is 2.19. The van der Waals surface area contributed by atoms with Gasteiger partial charge in [0.1, 0.15) is 6.04 Å². The summed E-state index contributed by atoms with van der Waals surface area (Å²) in [5.74, 6) is -10.3. The Balaban J connectivity index is 2.31. The van der Waals surface area contributed by atoms with Crippen molar-refractivity contribution in [2.75, 3.05) is 7.05 Å². The number of amides is 4. The topological polar surface area (TPSA) is 69.7 Å². The van der Waals surface area contributed by atoms with Crippen molar-refractivity contribution in [3.05, 3.63) is 34.9 Å². The van der Waals surface area contributed by atoms with Crippen molar-refractivity contribution in [1.29, 1.82) is 0 Å². The minimum atomic E-state index is -2.17. The lowest BCUT2D eigenvalue weighted by molar-refractivity contribution is -0.129. The largest absolute Gasteiger partial charge is 0.346 e. The molecule has 0 spiro atoms. The molecule has 118 valence electrons. The van der Waals surface area contributed by atoms with Crippen molar-refractivity contribution in [3.8, 4) is 0 Å². The van der Waals surface area contributed by atoms with Crippen LogP contribution in [0.1, 0.15) is 17.3 Å². The Bertz CT molecular complexity index is 675. The van der Waals surface area contributed by atoms with Crippen LogP contribution in [-0.2, 0) is 4.79 Å². The number of halogens is 4. The molecule has 1 fully saturated rings. The number of carbonyl (C=O) groups excluding carboxylic acids is 3. The number of hydrazine groups is 1. The number of benzene rings is 1. The number of hydrogen-bond donors (Lipinski definition) is 1. The zero-order chi connectivity index (χ0) is 16.8. The maximum Gasteiger partial charge on any atom is 0.346 e. The third-order valence-corrected chi connectivity index (χ3v) is 3.21. The summed E-state index contributed by atoms with van der Waals surface area (Å²) < 4.78 is 52.4. The third-order valence-electron chi connectivity index (χ3n) is 3.21.